The van der Waals surface area contributed by atoms with Crippen molar-refractivity contribution in [2.45, 2.75) is 24.9 Å². The number of carbonyl (C=O) groups is 2. The van der Waals surface area contributed by atoms with Gasteiger partial charge < -0.3 is 19.3 Å². The molecule has 46 heavy (non-hydrogen) atoms. The molecule has 0 saturated carbocycles. The molecular formula is C38H36Br2N2O4. The maximum Gasteiger partial charge on any atom is 0.246 e. The van der Waals surface area contributed by atoms with Gasteiger partial charge in [-0.3, -0.25) is 9.59 Å². The fraction of sp³-hybridized carbons (Fsp3) is 0.211. The number of hydrogen-bond acceptors (Lipinski definition) is 4. The van der Waals surface area contributed by atoms with Crippen LogP contribution in [0, 0.1) is 0 Å². The molecule has 6 nitrogen and oxygen atoms in total. The van der Waals surface area contributed by atoms with Gasteiger partial charge in [-0.05, 0) is 58.7 Å². The molecule has 0 unspecified atom stereocenters. The fourth-order valence-corrected chi connectivity index (χ4v) is 7.76. The Kier molecular flexibility index (Phi) is 10.8. The minimum Gasteiger partial charge on any atom is -0.496 e. The lowest BCUT2D eigenvalue weighted by Gasteiger charge is -2.35. The van der Waals surface area contributed by atoms with Crippen molar-refractivity contribution in [3.05, 3.63) is 153 Å². The van der Waals surface area contributed by atoms with E-state index in [4.69, 9.17) is 9.47 Å². The summed E-state index contributed by atoms with van der Waals surface area (Å²) in [5, 5.41) is 0. The molecule has 2 atom stereocenters. The number of halogens is 2. The Morgan fingerprint density at radius 3 is 1.41 bits per heavy atom. The van der Waals surface area contributed by atoms with Gasteiger partial charge in [-0.15, -0.1) is 0 Å². The first-order chi connectivity index (χ1) is 22.3. The van der Waals surface area contributed by atoms with E-state index in [0.29, 0.717) is 26.2 Å². The fourth-order valence-electron chi connectivity index (χ4n) is 6.39. The Bertz CT molecular complexity index is 1640. The molecule has 2 aliphatic heterocycles. The minimum atomic E-state index is -0.0458. The Balaban J connectivity index is 0.000000181. The number of amides is 2. The average Bonchev–Trinajstić information content (AvgIpc) is 3.10. The van der Waals surface area contributed by atoms with Crippen LogP contribution in [0.3, 0.4) is 0 Å². The number of carbonyl (C=O) groups excluding carboxylic acids is 2. The van der Waals surface area contributed by atoms with Crippen LogP contribution in [0.15, 0.2) is 119 Å². The van der Waals surface area contributed by atoms with E-state index in [1.165, 1.54) is 23.3 Å². The monoisotopic (exact) mass is 742 g/mol. The topological polar surface area (TPSA) is 59.1 Å². The van der Waals surface area contributed by atoms with E-state index >= 15 is 0 Å². The van der Waals surface area contributed by atoms with E-state index < -0.39 is 0 Å². The molecular weight excluding hydrogens is 708 g/mol. The molecule has 0 radical (unpaired) electrons. The zero-order valence-electron chi connectivity index (χ0n) is 25.9. The lowest BCUT2D eigenvalue weighted by atomic mass is 9.84. The number of nitrogens with zero attached hydrogens (tertiary/aromatic N) is 2. The molecule has 6 rings (SSSR count). The molecule has 8 heteroatoms. The maximum atomic E-state index is 12.2. The van der Waals surface area contributed by atoms with E-state index in [0.717, 1.165) is 42.7 Å². The lowest BCUT2D eigenvalue weighted by Crippen LogP contribution is -2.38. The number of methoxy groups -OCH3 is 2. The van der Waals surface area contributed by atoms with Gasteiger partial charge in [0.15, 0.2) is 0 Å². The van der Waals surface area contributed by atoms with Crippen LogP contribution in [0.4, 0.5) is 0 Å². The Morgan fingerprint density at radius 2 is 1.04 bits per heavy atom. The normalized spacial score (nSPS) is 16.6. The maximum absolute atomic E-state index is 12.2. The smallest absolute Gasteiger partial charge is 0.246 e. The zero-order valence-corrected chi connectivity index (χ0v) is 29.1. The van der Waals surface area contributed by atoms with Crippen LogP contribution in [0.25, 0.3) is 0 Å². The van der Waals surface area contributed by atoms with Crippen molar-refractivity contribution in [1.29, 1.82) is 0 Å². The number of rotatable bonds is 6. The van der Waals surface area contributed by atoms with Gasteiger partial charge in [0.1, 0.15) is 11.5 Å². The van der Waals surface area contributed by atoms with Gasteiger partial charge in [-0.1, -0.05) is 106 Å². The highest BCUT2D eigenvalue weighted by Crippen LogP contribution is 2.42. The summed E-state index contributed by atoms with van der Waals surface area (Å²) in [6, 6.07) is 28.2. The minimum absolute atomic E-state index is 0.0458. The van der Waals surface area contributed by atoms with Gasteiger partial charge in [-0.25, -0.2) is 0 Å². The van der Waals surface area contributed by atoms with Crippen LogP contribution < -0.4 is 9.47 Å². The largest absolute Gasteiger partial charge is 0.496 e. The molecule has 0 fully saturated rings. The van der Waals surface area contributed by atoms with Crippen LogP contribution in [-0.4, -0.2) is 48.9 Å². The predicted octanol–water partition coefficient (Wildman–Crippen LogP) is 8.24. The SMILES string of the molecule is C=CC(=O)N1Cc2cccc(Br)c2[C@@H](c2ccccc2OC)C1.C=CC(=O)N1Cc2cccc(Br)c2[C@H](c2ccccc2OC)C1. The summed E-state index contributed by atoms with van der Waals surface area (Å²) < 4.78 is 13.2. The number of ether oxygens (including phenoxy) is 2. The van der Waals surface area contributed by atoms with E-state index in [1.54, 1.807) is 14.2 Å². The Hall–Kier alpha value is -4.14. The first-order valence-corrected chi connectivity index (χ1v) is 16.5. The van der Waals surface area contributed by atoms with Crippen LogP contribution in [0.2, 0.25) is 0 Å². The van der Waals surface area contributed by atoms with Crippen LogP contribution in [-0.2, 0) is 22.7 Å². The number of benzene rings is 4. The summed E-state index contributed by atoms with van der Waals surface area (Å²) in [6.07, 6.45) is 2.75. The Labute approximate surface area is 287 Å². The van der Waals surface area contributed by atoms with Gasteiger partial charge in [0.05, 0.1) is 14.2 Å². The molecule has 2 aliphatic rings. The quantitative estimate of drug-likeness (QED) is 0.187. The van der Waals surface area contributed by atoms with Crippen LogP contribution in [0.5, 0.6) is 11.5 Å². The molecule has 0 spiro atoms. The summed E-state index contributed by atoms with van der Waals surface area (Å²) in [7, 11) is 3.35. The predicted molar refractivity (Wildman–Crippen MR) is 189 cm³/mol. The van der Waals surface area contributed by atoms with E-state index in [9.17, 15) is 9.59 Å². The summed E-state index contributed by atoms with van der Waals surface area (Å²) in [6.45, 7) is 9.66. The van der Waals surface area contributed by atoms with Gasteiger partial charge >= 0.3 is 0 Å². The number of fused-ring (bicyclic) bond motifs is 2. The van der Waals surface area contributed by atoms with Crippen molar-refractivity contribution in [3.8, 4) is 11.5 Å². The average molecular weight is 745 g/mol. The molecule has 2 heterocycles. The van der Waals surface area contributed by atoms with E-state index in [1.807, 2.05) is 70.5 Å². The van der Waals surface area contributed by atoms with Crippen molar-refractivity contribution in [2.24, 2.45) is 0 Å². The van der Waals surface area contributed by atoms with Gasteiger partial charge in [0.2, 0.25) is 11.8 Å². The lowest BCUT2D eigenvalue weighted by molar-refractivity contribution is -0.127. The van der Waals surface area contributed by atoms with Crippen molar-refractivity contribution in [1.82, 2.24) is 9.80 Å². The van der Waals surface area contributed by atoms with E-state index in [2.05, 4.69) is 69.3 Å². The highest BCUT2D eigenvalue weighted by atomic mass is 79.9. The summed E-state index contributed by atoms with van der Waals surface area (Å²) in [5.41, 5.74) is 6.93. The van der Waals surface area contributed by atoms with Crippen molar-refractivity contribution in [2.75, 3.05) is 27.3 Å². The highest BCUT2D eigenvalue weighted by molar-refractivity contribution is 9.10. The second-order valence-corrected chi connectivity index (χ2v) is 12.8. The van der Waals surface area contributed by atoms with Gasteiger partial charge in [0, 0.05) is 58.1 Å². The zero-order chi connectivity index (χ0) is 32.8. The van der Waals surface area contributed by atoms with Crippen LogP contribution >= 0.6 is 31.9 Å². The molecule has 0 saturated heterocycles. The Morgan fingerprint density at radius 1 is 0.652 bits per heavy atom. The molecule has 0 aliphatic carbocycles. The van der Waals surface area contributed by atoms with Crippen LogP contribution in [0.1, 0.15) is 45.2 Å². The second-order valence-electron chi connectivity index (χ2n) is 11.1. The third kappa shape index (κ3) is 6.83. The third-order valence-electron chi connectivity index (χ3n) is 8.51. The third-order valence-corrected chi connectivity index (χ3v) is 9.90. The molecule has 0 N–H and O–H groups in total. The summed E-state index contributed by atoms with van der Waals surface area (Å²) in [4.78, 5) is 28.0. The molecule has 0 bridgehead atoms. The van der Waals surface area contributed by atoms with Crippen molar-refractivity contribution in [3.63, 3.8) is 0 Å². The van der Waals surface area contributed by atoms with E-state index in [-0.39, 0.29) is 23.7 Å². The molecule has 236 valence electrons. The molecule has 0 aromatic heterocycles. The molecule has 4 aromatic carbocycles. The first kappa shape index (κ1) is 33.2. The molecule has 4 aromatic rings. The molecule has 2 amide bonds. The standard InChI is InChI=1S/2C19H18BrNO2/c2*1-3-18(22)21-11-13-7-6-9-16(20)19(13)15(12-21)14-8-4-5-10-17(14)23-2/h2*3-10,15H,1,11-12H2,2H3/t2*15-/m10/s1. The van der Waals surface area contributed by atoms with Gasteiger partial charge in [-0.2, -0.15) is 0 Å². The number of para-hydroxylation sites is 2. The summed E-state index contributed by atoms with van der Waals surface area (Å²) in [5.74, 6) is 1.72. The first-order valence-electron chi connectivity index (χ1n) is 14.9. The summed E-state index contributed by atoms with van der Waals surface area (Å²) >= 11 is 7.35. The highest BCUT2D eigenvalue weighted by Gasteiger charge is 2.32. The van der Waals surface area contributed by atoms with Gasteiger partial charge in [0.25, 0.3) is 0 Å². The van der Waals surface area contributed by atoms with Crippen molar-refractivity contribution >= 4 is 43.7 Å². The van der Waals surface area contributed by atoms with Crippen molar-refractivity contribution < 1.29 is 19.1 Å². The number of hydrogen-bond donors (Lipinski definition) is 0. The second kappa shape index (κ2) is 15.0.